The van der Waals surface area contributed by atoms with Crippen LogP contribution in [-0.4, -0.2) is 22.1 Å². The van der Waals surface area contributed by atoms with E-state index in [1.165, 1.54) is 47.4 Å². The van der Waals surface area contributed by atoms with Crippen molar-refractivity contribution in [2.45, 2.75) is 28.5 Å². The van der Waals surface area contributed by atoms with Gasteiger partial charge >= 0.3 is 0 Å². The van der Waals surface area contributed by atoms with E-state index in [9.17, 15) is 13.6 Å². The molecule has 0 radical (unpaired) electrons. The van der Waals surface area contributed by atoms with Gasteiger partial charge in [-0.1, -0.05) is 35.2 Å². The molecule has 1 aliphatic carbocycles. The largest absolute Gasteiger partial charge is 0.352 e. The maximum atomic E-state index is 13.3. The molecule has 1 unspecified atom stereocenters. The summed E-state index contributed by atoms with van der Waals surface area (Å²) in [6.07, 6.45) is 1.97. The molecular weight excluding hydrogens is 402 g/mol. The first-order valence-corrected chi connectivity index (χ1v) is 10.3. The van der Waals surface area contributed by atoms with Gasteiger partial charge in [-0.25, -0.2) is 8.78 Å². The molecule has 5 nitrogen and oxygen atoms in total. The fourth-order valence-corrected chi connectivity index (χ4v) is 4.45. The Bertz CT molecular complexity index is 959. The molecule has 1 atom stereocenters. The molecule has 28 heavy (non-hydrogen) atoms. The summed E-state index contributed by atoms with van der Waals surface area (Å²) in [5.74, 6) is -0.790. The van der Waals surface area contributed by atoms with Crippen LogP contribution < -0.4 is 10.6 Å². The Morgan fingerprint density at radius 3 is 2.32 bits per heavy atom. The predicted molar refractivity (Wildman–Crippen MR) is 106 cm³/mol. The van der Waals surface area contributed by atoms with Crippen LogP contribution >= 0.6 is 23.1 Å². The molecule has 1 aromatic heterocycles. The van der Waals surface area contributed by atoms with Gasteiger partial charge < -0.3 is 10.6 Å². The van der Waals surface area contributed by atoms with Crippen molar-refractivity contribution in [2.24, 2.45) is 0 Å². The minimum atomic E-state index is -0.548. The van der Waals surface area contributed by atoms with Gasteiger partial charge in [-0.05, 0) is 54.8 Å². The van der Waals surface area contributed by atoms with Crippen LogP contribution in [-0.2, 0) is 4.79 Å². The Balaban J connectivity index is 1.49. The molecular formula is C19H16F2N4OS2. The molecule has 1 amide bonds. The average molecular weight is 418 g/mol. The van der Waals surface area contributed by atoms with Crippen LogP contribution in [0.4, 0.5) is 19.6 Å². The second kappa shape index (κ2) is 8.24. The molecule has 0 bridgehead atoms. The molecule has 0 aliphatic heterocycles. The lowest BCUT2D eigenvalue weighted by molar-refractivity contribution is -0.120. The highest BCUT2D eigenvalue weighted by atomic mass is 32.2. The van der Waals surface area contributed by atoms with Crippen LogP contribution in [0.3, 0.4) is 0 Å². The van der Waals surface area contributed by atoms with Crippen molar-refractivity contribution in [3.63, 3.8) is 0 Å². The lowest BCUT2D eigenvalue weighted by Gasteiger charge is -2.15. The number of halogens is 2. The molecule has 2 aromatic carbocycles. The van der Waals surface area contributed by atoms with Crippen molar-refractivity contribution in [1.82, 2.24) is 15.5 Å². The number of benzene rings is 2. The maximum Gasteiger partial charge on any atom is 0.238 e. The first kappa shape index (κ1) is 18.8. The zero-order valence-electron chi connectivity index (χ0n) is 14.6. The van der Waals surface area contributed by atoms with Crippen LogP contribution in [0, 0.1) is 11.6 Å². The molecule has 0 saturated heterocycles. The number of rotatable bonds is 7. The van der Waals surface area contributed by atoms with Crippen molar-refractivity contribution >= 4 is 39.8 Å². The number of nitrogens with one attached hydrogen (secondary N) is 2. The highest BCUT2D eigenvalue weighted by molar-refractivity contribution is 8.01. The van der Waals surface area contributed by atoms with Gasteiger partial charge in [0.15, 0.2) is 4.34 Å². The molecule has 1 fully saturated rings. The summed E-state index contributed by atoms with van der Waals surface area (Å²) in [7, 11) is 0. The van der Waals surface area contributed by atoms with Crippen molar-refractivity contribution in [3.05, 3.63) is 65.7 Å². The maximum absolute atomic E-state index is 13.3. The van der Waals surface area contributed by atoms with E-state index in [2.05, 4.69) is 20.8 Å². The first-order valence-electron chi connectivity index (χ1n) is 8.65. The number of nitrogens with zero attached hydrogens (tertiary/aromatic N) is 2. The third-order valence-electron chi connectivity index (χ3n) is 4.06. The van der Waals surface area contributed by atoms with E-state index in [4.69, 9.17) is 0 Å². The van der Waals surface area contributed by atoms with E-state index < -0.39 is 5.25 Å². The van der Waals surface area contributed by atoms with Crippen LogP contribution in [0.25, 0.3) is 0 Å². The molecule has 144 valence electrons. The Morgan fingerprint density at radius 1 is 1.04 bits per heavy atom. The summed E-state index contributed by atoms with van der Waals surface area (Å²) in [6, 6.07) is 12.0. The summed E-state index contributed by atoms with van der Waals surface area (Å²) >= 11 is 2.56. The lowest BCUT2D eigenvalue weighted by atomic mass is 10.1. The van der Waals surface area contributed by atoms with Gasteiger partial charge in [0.1, 0.15) is 16.9 Å². The zero-order valence-corrected chi connectivity index (χ0v) is 16.2. The molecule has 1 aliphatic rings. The van der Waals surface area contributed by atoms with Crippen LogP contribution in [0.1, 0.15) is 23.7 Å². The number of aromatic nitrogens is 2. The minimum absolute atomic E-state index is 0.123. The van der Waals surface area contributed by atoms with E-state index in [0.717, 1.165) is 12.8 Å². The zero-order chi connectivity index (χ0) is 19.5. The second-order valence-electron chi connectivity index (χ2n) is 6.34. The number of anilines is 2. The predicted octanol–water partition coefficient (Wildman–Crippen LogP) is 4.67. The number of thioether (sulfide) groups is 1. The van der Waals surface area contributed by atoms with Gasteiger partial charge in [0.05, 0.1) is 0 Å². The minimum Gasteiger partial charge on any atom is -0.352 e. The molecule has 9 heteroatoms. The smallest absolute Gasteiger partial charge is 0.238 e. The fourth-order valence-electron chi connectivity index (χ4n) is 2.48. The lowest BCUT2D eigenvalue weighted by Crippen LogP contribution is -2.29. The van der Waals surface area contributed by atoms with Crippen molar-refractivity contribution in [2.75, 3.05) is 5.32 Å². The Kier molecular flexibility index (Phi) is 5.54. The quantitative estimate of drug-likeness (QED) is 0.546. The Hall–Kier alpha value is -2.52. The summed E-state index contributed by atoms with van der Waals surface area (Å²) < 4.78 is 26.9. The third-order valence-corrected chi connectivity index (χ3v) is 6.23. The molecule has 2 N–H and O–H groups in total. The number of carbonyl (C=O) groups excluding carboxylic acids is 1. The van der Waals surface area contributed by atoms with Gasteiger partial charge in [0.25, 0.3) is 0 Å². The highest BCUT2D eigenvalue weighted by Gasteiger charge is 2.30. The van der Waals surface area contributed by atoms with E-state index >= 15 is 0 Å². The van der Waals surface area contributed by atoms with Crippen molar-refractivity contribution in [3.8, 4) is 0 Å². The highest BCUT2D eigenvalue weighted by Crippen LogP contribution is 2.39. The van der Waals surface area contributed by atoms with Crippen LogP contribution in [0.15, 0.2) is 52.9 Å². The summed E-state index contributed by atoms with van der Waals surface area (Å²) in [4.78, 5) is 12.7. The molecule has 0 spiro atoms. The van der Waals surface area contributed by atoms with E-state index in [-0.39, 0.29) is 23.6 Å². The Labute approximate surface area is 168 Å². The third kappa shape index (κ3) is 4.85. The standard InChI is InChI=1S/C19H16F2N4OS2/c20-12-3-1-11(2-4-12)16(17(26)22-14-9-10-14)27-19-25-24-18(28-19)23-15-7-5-13(21)6-8-15/h1-8,14,16H,9-10H2,(H,22,26)(H,23,24). The van der Waals surface area contributed by atoms with Crippen molar-refractivity contribution < 1.29 is 13.6 Å². The number of hydrogen-bond donors (Lipinski definition) is 2. The SMILES string of the molecule is O=C(NC1CC1)C(Sc1nnc(Nc2ccc(F)cc2)s1)c1ccc(F)cc1. The average Bonchev–Trinajstić information content (AvgIpc) is 3.39. The molecule has 1 saturated carbocycles. The number of amides is 1. The topological polar surface area (TPSA) is 66.9 Å². The van der Waals surface area contributed by atoms with E-state index in [0.29, 0.717) is 20.7 Å². The monoisotopic (exact) mass is 418 g/mol. The normalized spacial score (nSPS) is 14.5. The first-order chi connectivity index (χ1) is 13.6. The Morgan fingerprint density at radius 2 is 1.68 bits per heavy atom. The van der Waals surface area contributed by atoms with Gasteiger partial charge in [-0.15, -0.1) is 10.2 Å². The number of carbonyl (C=O) groups is 1. The van der Waals surface area contributed by atoms with Gasteiger partial charge in [0, 0.05) is 11.7 Å². The summed E-state index contributed by atoms with van der Waals surface area (Å²) in [5, 5.41) is 14.2. The molecule has 4 rings (SSSR count). The summed E-state index contributed by atoms with van der Waals surface area (Å²) in [6.45, 7) is 0. The van der Waals surface area contributed by atoms with Gasteiger partial charge in [-0.2, -0.15) is 0 Å². The van der Waals surface area contributed by atoms with E-state index in [1.807, 2.05) is 0 Å². The van der Waals surface area contributed by atoms with E-state index in [1.54, 1.807) is 24.3 Å². The van der Waals surface area contributed by atoms with Crippen molar-refractivity contribution in [1.29, 1.82) is 0 Å². The fraction of sp³-hybridized carbons (Fsp3) is 0.211. The number of hydrogen-bond acceptors (Lipinski definition) is 6. The van der Waals surface area contributed by atoms with Gasteiger partial charge in [-0.3, -0.25) is 4.79 Å². The van der Waals surface area contributed by atoms with Crippen LogP contribution in [0.2, 0.25) is 0 Å². The van der Waals surface area contributed by atoms with Gasteiger partial charge in [0.2, 0.25) is 11.0 Å². The second-order valence-corrected chi connectivity index (χ2v) is 8.67. The molecule has 1 heterocycles. The molecule has 3 aromatic rings. The summed E-state index contributed by atoms with van der Waals surface area (Å²) in [5.41, 5.74) is 1.39. The van der Waals surface area contributed by atoms with Crippen LogP contribution in [0.5, 0.6) is 0 Å².